The van der Waals surface area contributed by atoms with Crippen molar-refractivity contribution in [3.63, 3.8) is 0 Å². The van der Waals surface area contributed by atoms with Crippen molar-refractivity contribution in [1.82, 2.24) is 0 Å². The SMILES string of the molecule is c1ccc(B2[O][Sb]([c]3ccccc3)([c]3ccccc3)([c]3ccccc3)[O]B(c3ccccc3)[O][Sb]([c]3ccccc3)([c]3ccccc3)([c]3ccccc3)[O]2)cc1. The van der Waals surface area contributed by atoms with E-state index in [2.05, 4.69) is 170 Å². The number of rotatable bonds is 8. The second kappa shape index (κ2) is 15.4. The Labute approximate surface area is 334 Å². The van der Waals surface area contributed by atoms with Crippen LogP contribution in [0.1, 0.15) is 0 Å². The summed E-state index contributed by atoms with van der Waals surface area (Å²) in [4.78, 5) is 0. The molecule has 1 fully saturated rings. The van der Waals surface area contributed by atoms with Crippen LogP contribution in [0.2, 0.25) is 0 Å². The molecule has 0 N–H and O–H groups in total. The third kappa shape index (κ3) is 5.95. The van der Waals surface area contributed by atoms with Crippen LogP contribution in [0.3, 0.4) is 0 Å². The first-order chi connectivity index (χ1) is 27.6. The van der Waals surface area contributed by atoms with Crippen molar-refractivity contribution in [3.05, 3.63) is 243 Å². The Kier molecular flexibility index (Phi) is 10.1. The quantitative estimate of drug-likeness (QED) is 0.199. The normalized spacial score (nSPS) is 18.4. The molecule has 1 aliphatic heterocycles. The predicted molar refractivity (Wildman–Crippen MR) is 236 cm³/mol. The summed E-state index contributed by atoms with van der Waals surface area (Å²) in [6, 6.07) is 83.6. The minimum atomic E-state index is -5.90. The predicted octanol–water partition coefficient (Wildman–Crippen LogP) is 5.09. The molecule has 4 nitrogen and oxygen atoms in total. The first-order valence-electron chi connectivity index (χ1n) is 18.9. The molecule has 0 aromatic heterocycles. The van der Waals surface area contributed by atoms with Crippen molar-refractivity contribution < 1.29 is 11.7 Å². The van der Waals surface area contributed by atoms with E-state index in [-0.39, 0.29) is 0 Å². The molecule has 56 heavy (non-hydrogen) atoms. The Hall–Kier alpha value is -4.63. The summed E-state index contributed by atoms with van der Waals surface area (Å²) in [7, 11) is -1.92. The molecule has 0 saturated carbocycles. The molecule has 0 atom stereocenters. The molecule has 0 radical (unpaired) electrons. The molecule has 1 saturated heterocycles. The van der Waals surface area contributed by atoms with Gasteiger partial charge in [-0.05, 0) is 0 Å². The summed E-state index contributed by atoms with van der Waals surface area (Å²) in [6.45, 7) is 0. The summed E-state index contributed by atoms with van der Waals surface area (Å²) in [5, 5.41) is 0. The molecule has 8 aromatic rings. The number of hydrogen-bond acceptors (Lipinski definition) is 4. The van der Waals surface area contributed by atoms with Gasteiger partial charge in [-0.15, -0.1) is 0 Å². The topological polar surface area (TPSA) is 36.9 Å². The fourth-order valence-electron chi connectivity index (χ4n) is 8.10. The fourth-order valence-corrected chi connectivity index (χ4v) is 37.1. The molecule has 8 heteroatoms. The average molecular weight is 946 g/mol. The zero-order chi connectivity index (χ0) is 37.8. The molecule has 0 bridgehead atoms. The Morgan fingerprint density at radius 2 is 0.375 bits per heavy atom. The van der Waals surface area contributed by atoms with Crippen LogP contribution in [0.15, 0.2) is 243 Å². The molecule has 0 unspecified atom stereocenters. The van der Waals surface area contributed by atoms with Gasteiger partial charge in [0.05, 0.1) is 0 Å². The van der Waals surface area contributed by atoms with Crippen molar-refractivity contribution in [2.45, 2.75) is 0 Å². The minimum absolute atomic E-state index is 0.861. The summed E-state index contributed by atoms with van der Waals surface area (Å²) >= 11 is -11.8. The van der Waals surface area contributed by atoms with Gasteiger partial charge in [0.25, 0.3) is 0 Å². The fraction of sp³-hybridized carbons (Fsp3) is 0. The van der Waals surface area contributed by atoms with E-state index in [1.165, 1.54) is 0 Å². The van der Waals surface area contributed by atoms with Crippen molar-refractivity contribution in [2.75, 3.05) is 0 Å². The zero-order valence-corrected chi connectivity index (χ0v) is 35.9. The van der Waals surface area contributed by atoms with Gasteiger partial charge in [-0.3, -0.25) is 0 Å². The molecule has 272 valence electrons. The molecule has 1 heterocycles. The van der Waals surface area contributed by atoms with Crippen molar-refractivity contribution in [2.24, 2.45) is 0 Å². The van der Waals surface area contributed by atoms with Crippen LogP contribution in [0.25, 0.3) is 0 Å². The monoisotopic (exact) mass is 944 g/mol. The summed E-state index contributed by atoms with van der Waals surface area (Å²) in [5.41, 5.74) is 1.72. The van der Waals surface area contributed by atoms with E-state index in [1.54, 1.807) is 0 Å². The molecule has 0 amide bonds. The van der Waals surface area contributed by atoms with Gasteiger partial charge < -0.3 is 0 Å². The van der Waals surface area contributed by atoms with Gasteiger partial charge >= 0.3 is 337 Å². The van der Waals surface area contributed by atoms with Gasteiger partial charge in [0.2, 0.25) is 0 Å². The van der Waals surface area contributed by atoms with E-state index in [0.29, 0.717) is 0 Å². The van der Waals surface area contributed by atoms with Crippen LogP contribution in [0, 0.1) is 0 Å². The van der Waals surface area contributed by atoms with Crippen LogP contribution < -0.4 is 32.0 Å². The maximum absolute atomic E-state index is 8.34. The van der Waals surface area contributed by atoms with Crippen molar-refractivity contribution >= 4 is 82.7 Å². The van der Waals surface area contributed by atoms with E-state index in [0.717, 1.165) is 32.0 Å². The maximum atomic E-state index is 8.34. The number of hydrogen-bond donors (Lipinski definition) is 0. The average Bonchev–Trinajstić information content (AvgIpc) is 3.29. The molecule has 0 aliphatic carbocycles. The standard InChI is InChI=1S/2C6H5BO2.6C6H5.2Sb/c2*8-7(9)6-4-2-1-3-5-6;6*1-2-4-6-5-3-1;;/h2*1-5H;6*1-5H;;/q2*-2;;;;;;;2*+2. The van der Waals surface area contributed by atoms with Gasteiger partial charge in [0.1, 0.15) is 0 Å². The molecule has 8 aromatic carbocycles. The molecule has 9 rings (SSSR count). The Morgan fingerprint density at radius 3 is 0.554 bits per heavy atom. The third-order valence-electron chi connectivity index (χ3n) is 10.7. The van der Waals surface area contributed by atoms with E-state index < -0.39 is 50.7 Å². The molecule has 0 spiro atoms. The van der Waals surface area contributed by atoms with Crippen LogP contribution in [0.5, 0.6) is 0 Å². The van der Waals surface area contributed by atoms with E-state index in [9.17, 15) is 0 Å². The van der Waals surface area contributed by atoms with E-state index >= 15 is 0 Å². The summed E-state index contributed by atoms with van der Waals surface area (Å²) in [6.07, 6.45) is 0. The second-order valence-electron chi connectivity index (χ2n) is 13.8. The van der Waals surface area contributed by atoms with Crippen molar-refractivity contribution in [3.8, 4) is 0 Å². The van der Waals surface area contributed by atoms with Gasteiger partial charge in [-0.2, -0.15) is 0 Å². The van der Waals surface area contributed by atoms with Gasteiger partial charge in [-0.1, -0.05) is 0 Å². The van der Waals surface area contributed by atoms with Crippen molar-refractivity contribution in [1.29, 1.82) is 0 Å². The van der Waals surface area contributed by atoms with Crippen LogP contribution in [0.4, 0.5) is 0 Å². The van der Waals surface area contributed by atoms with Gasteiger partial charge in [0.15, 0.2) is 0 Å². The van der Waals surface area contributed by atoms with E-state index in [1.807, 2.05) is 72.8 Å². The zero-order valence-electron chi connectivity index (χ0n) is 30.8. The van der Waals surface area contributed by atoms with Gasteiger partial charge in [-0.25, -0.2) is 0 Å². The molecular formula is C48H40B2O4Sb2. The summed E-state index contributed by atoms with van der Waals surface area (Å²) < 4.78 is 39.1. The third-order valence-corrected chi connectivity index (χ3v) is 38.6. The first kappa shape index (κ1) is 37.0. The Balaban J connectivity index is 1.50. The van der Waals surface area contributed by atoms with Crippen LogP contribution >= 0.6 is 0 Å². The second-order valence-corrected chi connectivity index (χ2v) is 36.0. The summed E-state index contributed by atoms with van der Waals surface area (Å²) in [5.74, 6) is 0. The van der Waals surface area contributed by atoms with Crippen LogP contribution in [-0.4, -0.2) is 50.7 Å². The van der Waals surface area contributed by atoms with Crippen LogP contribution in [-0.2, 0) is 11.7 Å². The molecule has 1 aliphatic rings. The van der Waals surface area contributed by atoms with E-state index in [4.69, 9.17) is 11.7 Å². The van der Waals surface area contributed by atoms with Gasteiger partial charge in [0, 0.05) is 0 Å². The molecular weight excluding hydrogens is 906 g/mol. The Morgan fingerprint density at radius 1 is 0.214 bits per heavy atom. The number of benzene rings is 8. The Bertz CT molecular complexity index is 2110. The first-order valence-corrected chi connectivity index (χ1v) is 30.7.